The second-order valence-corrected chi connectivity index (χ2v) is 2.88. The molecule has 0 radical (unpaired) electrons. The van der Waals surface area contributed by atoms with Gasteiger partial charge in [0.15, 0.2) is 5.76 Å². The van der Waals surface area contributed by atoms with E-state index < -0.39 is 11.8 Å². The monoisotopic (exact) mass is 205 g/mol. The molecule has 0 saturated carbocycles. The molecule has 1 aromatic carbocycles. The maximum atomic E-state index is 11.2. The molecule has 15 heavy (non-hydrogen) atoms. The Labute approximate surface area is 85.1 Å². The van der Waals surface area contributed by atoms with Crippen molar-refractivity contribution in [2.24, 2.45) is 0 Å². The van der Waals surface area contributed by atoms with Crippen LogP contribution in [0.25, 0.3) is 0 Å². The zero-order valence-corrected chi connectivity index (χ0v) is 7.58. The largest absolute Gasteiger partial charge is 0.451 e. The molecule has 1 heterocycles. The fraction of sp³-hybridized carbons (Fsp3) is 0. The summed E-state index contributed by atoms with van der Waals surface area (Å²) in [6.45, 7) is 0. The molecule has 0 saturated heterocycles. The first-order valence-corrected chi connectivity index (χ1v) is 4.20. The number of hydrogen-bond donors (Lipinski definition) is 1. The van der Waals surface area contributed by atoms with Crippen LogP contribution < -0.4 is 4.74 Å². The molecule has 0 fully saturated rings. The Morgan fingerprint density at radius 3 is 2.33 bits per heavy atom. The molecule has 5 nitrogen and oxygen atoms in total. The van der Waals surface area contributed by atoms with Gasteiger partial charge in [0.1, 0.15) is 5.75 Å². The molecule has 2 amide bonds. The minimum atomic E-state index is -0.858. The van der Waals surface area contributed by atoms with E-state index in [1.54, 1.807) is 30.3 Å². The quantitative estimate of drug-likeness (QED) is 0.570. The average molecular weight is 205 g/mol. The van der Waals surface area contributed by atoms with Crippen molar-refractivity contribution >= 4 is 11.8 Å². The molecular formula is C10H7NO4. The minimum Gasteiger partial charge on any atom is -0.451 e. The molecule has 1 aliphatic rings. The van der Waals surface area contributed by atoms with Crippen molar-refractivity contribution in [3.05, 3.63) is 42.2 Å². The van der Waals surface area contributed by atoms with E-state index in [1.807, 2.05) is 0 Å². The lowest BCUT2D eigenvalue weighted by Gasteiger charge is -2.06. The first-order valence-electron chi connectivity index (χ1n) is 4.20. The second-order valence-electron chi connectivity index (χ2n) is 2.88. The van der Waals surface area contributed by atoms with Gasteiger partial charge in [-0.1, -0.05) is 18.2 Å². The fourth-order valence-corrected chi connectivity index (χ4v) is 1.13. The number of nitrogens with zero attached hydrogens (tertiary/aromatic N) is 1. The molecule has 5 heteroatoms. The molecule has 0 unspecified atom stereocenters. The van der Waals surface area contributed by atoms with Gasteiger partial charge in [-0.2, -0.15) is 0 Å². The van der Waals surface area contributed by atoms with Crippen LogP contribution in [0, 0.1) is 0 Å². The molecule has 0 aromatic heterocycles. The number of hydrogen-bond acceptors (Lipinski definition) is 4. The zero-order chi connectivity index (χ0) is 10.8. The van der Waals surface area contributed by atoms with E-state index in [9.17, 15) is 9.59 Å². The Balaban J connectivity index is 2.18. The van der Waals surface area contributed by atoms with Gasteiger partial charge in [-0.05, 0) is 12.1 Å². The maximum Gasteiger partial charge on any atom is 0.320 e. The molecule has 1 N–H and O–H groups in total. The normalized spacial score (nSPS) is 15.5. The summed E-state index contributed by atoms with van der Waals surface area (Å²) in [6.07, 6.45) is 0.940. The third-order valence-electron chi connectivity index (χ3n) is 1.84. The van der Waals surface area contributed by atoms with Gasteiger partial charge in [0.05, 0.1) is 6.08 Å². The molecule has 0 atom stereocenters. The summed E-state index contributed by atoms with van der Waals surface area (Å²) in [5.41, 5.74) is 0. The van der Waals surface area contributed by atoms with E-state index in [2.05, 4.69) is 0 Å². The van der Waals surface area contributed by atoms with Gasteiger partial charge in [0.2, 0.25) is 0 Å². The number of carbonyl (C=O) groups excluding carboxylic acids is 2. The Kier molecular flexibility index (Phi) is 2.23. The van der Waals surface area contributed by atoms with E-state index >= 15 is 0 Å². The summed E-state index contributed by atoms with van der Waals surface area (Å²) < 4.78 is 5.12. The summed E-state index contributed by atoms with van der Waals surface area (Å²) in [4.78, 5) is 22.1. The van der Waals surface area contributed by atoms with Crippen LogP contribution in [0.2, 0.25) is 0 Å². The van der Waals surface area contributed by atoms with Gasteiger partial charge < -0.3 is 4.74 Å². The Morgan fingerprint density at radius 2 is 1.80 bits per heavy atom. The summed E-state index contributed by atoms with van der Waals surface area (Å²) >= 11 is 0. The highest BCUT2D eigenvalue weighted by atomic mass is 16.5. The maximum absolute atomic E-state index is 11.2. The Bertz CT molecular complexity index is 438. The predicted molar refractivity (Wildman–Crippen MR) is 48.8 cm³/mol. The smallest absolute Gasteiger partial charge is 0.320 e. The Hall–Kier alpha value is -2.14. The molecule has 76 valence electrons. The minimum absolute atomic E-state index is 0.0122. The van der Waals surface area contributed by atoms with Crippen molar-refractivity contribution in [3.8, 4) is 5.75 Å². The lowest BCUT2D eigenvalue weighted by atomic mass is 10.3. The number of carbonyl (C=O) groups is 2. The number of hydroxylamine groups is 2. The van der Waals surface area contributed by atoms with Crippen molar-refractivity contribution in [1.29, 1.82) is 0 Å². The molecule has 1 aliphatic heterocycles. The van der Waals surface area contributed by atoms with Crippen LogP contribution in [0.5, 0.6) is 5.75 Å². The summed E-state index contributed by atoms with van der Waals surface area (Å²) in [6, 6.07) is 8.53. The second kappa shape index (κ2) is 3.55. The highest BCUT2D eigenvalue weighted by Crippen LogP contribution is 2.17. The van der Waals surface area contributed by atoms with Crippen LogP contribution in [0.4, 0.5) is 0 Å². The van der Waals surface area contributed by atoms with E-state index in [4.69, 9.17) is 9.94 Å². The van der Waals surface area contributed by atoms with Gasteiger partial charge in [0, 0.05) is 0 Å². The zero-order valence-electron chi connectivity index (χ0n) is 7.58. The van der Waals surface area contributed by atoms with E-state index in [-0.39, 0.29) is 10.8 Å². The van der Waals surface area contributed by atoms with Gasteiger partial charge in [-0.15, -0.1) is 5.06 Å². The third-order valence-corrected chi connectivity index (χ3v) is 1.84. The first kappa shape index (κ1) is 9.42. The fourth-order valence-electron chi connectivity index (χ4n) is 1.13. The summed E-state index contributed by atoms with van der Waals surface area (Å²) in [5, 5.41) is 8.93. The highest BCUT2D eigenvalue weighted by Gasteiger charge is 2.31. The van der Waals surface area contributed by atoms with Crippen LogP contribution in [0.15, 0.2) is 42.2 Å². The molecule has 0 aliphatic carbocycles. The predicted octanol–water partition coefficient (Wildman–Crippen LogP) is 0.707. The number of amides is 2. The lowest BCUT2D eigenvalue weighted by molar-refractivity contribution is -0.170. The van der Waals surface area contributed by atoms with Crippen LogP contribution in [0.3, 0.4) is 0 Å². The van der Waals surface area contributed by atoms with Crippen LogP contribution >= 0.6 is 0 Å². The number of benzene rings is 1. The Morgan fingerprint density at radius 1 is 1.13 bits per heavy atom. The standard InChI is InChI=1S/C10H7NO4/c12-9-6-8(10(13)11(9)14)15-7-4-2-1-3-5-7/h1-6,14H. The highest BCUT2D eigenvalue weighted by molar-refractivity contribution is 6.14. The van der Waals surface area contributed by atoms with E-state index in [0.717, 1.165) is 6.08 Å². The van der Waals surface area contributed by atoms with Gasteiger partial charge >= 0.3 is 5.91 Å². The molecular weight excluding hydrogens is 198 g/mol. The number of para-hydroxylation sites is 1. The number of ether oxygens (including phenoxy) is 1. The van der Waals surface area contributed by atoms with Gasteiger partial charge in [-0.25, -0.2) is 0 Å². The van der Waals surface area contributed by atoms with Crippen LogP contribution in [-0.4, -0.2) is 22.1 Å². The summed E-state index contributed by atoms with van der Waals surface area (Å²) in [7, 11) is 0. The van der Waals surface area contributed by atoms with Gasteiger partial charge in [-0.3, -0.25) is 14.8 Å². The SMILES string of the molecule is O=C1C=C(Oc2ccccc2)C(=O)N1O. The van der Waals surface area contributed by atoms with E-state index in [1.165, 1.54) is 0 Å². The molecule has 1 aromatic rings. The lowest BCUT2D eigenvalue weighted by Crippen LogP contribution is -2.27. The van der Waals surface area contributed by atoms with Crippen molar-refractivity contribution in [2.45, 2.75) is 0 Å². The van der Waals surface area contributed by atoms with Crippen molar-refractivity contribution in [2.75, 3.05) is 0 Å². The molecule has 0 spiro atoms. The third kappa shape index (κ3) is 1.72. The van der Waals surface area contributed by atoms with Crippen LogP contribution in [0.1, 0.15) is 0 Å². The van der Waals surface area contributed by atoms with Crippen LogP contribution in [-0.2, 0) is 9.59 Å². The number of imide groups is 1. The first-order chi connectivity index (χ1) is 7.18. The topological polar surface area (TPSA) is 66.8 Å². The number of rotatable bonds is 2. The average Bonchev–Trinajstić information content (AvgIpc) is 2.48. The van der Waals surface area contributed by atoms with Crippen molar-refractivity contribution in [3.63, 3.8) is 0 Å². The van der Waals surface area contributed by atoms with Gasteiger partial charge in [0.25, 0.3) is 5.91 Å². The molecule has 0 bridgehead atoms. The van der Waals surface area contributed by atoms with Crippen molar-refractivity contribution < 1.29 is 19.5 Å². The van der Waals surface area contributed by atoms with Crippen molar-refractivity contribution in [1.82, 2.24) is 5.06 Å². The molecule has 2 rings (SSSR count). The van der Waals surface area contributed by atoms with E-state index in [0.29, 0.717) is 5.75 Å². The summed E-state index contributed by atoms with van der Waals surface area (Å²) in [5.74, 6) is -1.41.